The SMILES string of the molecule is C[C@@H](NC(=O)CN1CCc2sccc2[C@@H]1c1cccs1)c1cc2ccccc2o1. The van der Waals surface area contributed by atoms with E-state index >= 15 is 0 Å². The number of nitrogens with one attached hydrogen (secondary N) is 1. The van der Waals surface area contributed by atoms with Crippen molar-refractivity contribution < 1.29 is 9.21 Å². The molecule has 0 spiro atoms. The third-order valence-corrected chi connectivity index (χ3v) is 7.40. The molecule has 29 heavy (non-hydrogen) atoms. The topological polar surface area (TPSA) is 45.5 Å². The Hall–Kier alpha value is -2.41. The monoisotopic (exact) mass is 422 g/mol. The maximum atomic E-state index is 12.9. The molecule has 0 bridgehead atoms. The maximum absolute atomic E-state index is 12.9. The highest BCUT2D eigenvalue weighted by atomic mass is 32.1. The Morgan fingerprint density at radius 3 is 2.93 bits per heavy atom. The Bertz CT molecular complexity index is 1100. The molecule has 1 aromatic carbocycles. The molecule has 2 atom stereocenters. The van der Waals surface area contributed by atoms with Gasteiger partial charge in [-0.15, -0.1) is 22.7 Å². The Morgan fingerprint density at radius 2 is 2.10 bits per heavy atom. The molecule has 4 heterocycles. The quantitative estimate of drug-likeness (QED) is 0.470. The van der Waals surface area contributed by atoms with Crippen molar-refractivity contribution in [3.63, 3.8) is 0 Å². The summed E-state index contributed by atoms with van der Waals surface area (Å²) in [5.74, 6) is 0.811. The number of fused-ring (bicyclic) bond motifs is 2. The number of hydrogen-bond donors (Lipinski definition) is 1. The van der Waals surface area contributed by atoms with E-state index in [0.717, 1.165) is 29.7 Å². The largest absolute Gasteiger partial charge is 0.459 e. The Labute approximate surface area is 177 Å². The zero-order valence-corrected chi connectivity index (χ0v) is 17.8. The van der Waals surface area contributed by atoms with E-state index in [2.05, 4.69) is 39.2 Å². The van der Waals surface area contributed by atoms with Crippen LogP contribution in [0.25, 0.3) is 11.0 Å². The predicted molar refractivity (Wildman–Crippen MR) is 119 cm³/mol. The van der Waals surface area contributed by atoms with Gasteiger partial charge in [0.15, 0.2) is 0 Å². The van der Waals surface area contributed by atoms with Crippen LogP contribution in [0, 0.1) is 0 Å². The van der Waals surface area contributed by atoms with Gasteiger partial charge >= 0.3 is 0 Å². The summed E-state index contributed by atoms with van der Waals surface area (Å²) in [7, 11) is 0. The number of para-hydroxylation sites is 1. The lowest BCUT2D eigenvalue weighted by atomic mass is 9.98. The fourth-order valence-corrected chi connectivity index (χ4v) is 5.86. The van der Waals surface area contributed by atoms with Crippen LogP contribution in [0.2, 0.25) is 0 Å². The molecular formula is C23H22N2O2S2. The number of thiophene rings is 2. The highest BCUT2D eigenvalue weighted by Gasteiger charge is 2.31. The average Bonchev–Trinajstić information content (AvgIpc) is 3.47. The number of benzene rings is 1. The number of carbonyl (C=O) groups excluding carboxylic acids is 1. The highest BCUT2D eigenvalue weighted by Crippen LogP contribution is 2.39. The molecule has 5 rings (SSSR count). The first-order chi connectivity index (χ1) is 14.2. The number of hydrogen-bond acceptors (Lipinski definition) is 5. The van der Waals surface area contributed by atoms with Crippen molar-refractivity contribution in [2.24, 2.45) is 0 Å². The normalized spacial score (nSPS) is 17.9. The lowest BCUT2D eigenvalue weighted by Crippen LogP contribution is -2.43. The van der Waals surface area contributed by atoms with Crippen LogP contribution < -0.4 is 5.32 Å². The zero-order valence-electron chi connectivity index (χ0n) is 16.1. The van der Waals surface area contributed by atoms with Crippen molar-refractivity contribution >= 4 is 39.5 Å². The standard InChI is InChI=1S/C23H22N2O2S2/c1-15(19-13-16-5-2-3-6-18(16)27-19)24-22(26)14-25-10-8-20-17(9-12-29-20)23(25)21-7-4-11-28-21/h2-7,9,11-13,15,23H,8,10,14H2,1H3,(H,24,26)/t15-,23-/m1/s1. The van der Waals surface area contributed by atoms with E-state index in [9.17, 15) is 4.79 Å². The summed E-state index contributed by atoms with van der Waals surface area (Å²) in [6.45, 7) is 3.24. The van der Waals surface area contributed by atoms with Gasteiger partial charge < -0.3 is 9.73 Å². The molecular weight excluding hydrogens is 400 g/mol. The van der Waals surface area contributed by atoms with Crippen molar-refractivity contribution in [2.75, 3.05) is 13.1 Å². The van der Waals surface area contributed by atoms with Crippen LogP contribution >= 0.6 is 22.7 Å². The molecule has 148 valence electrons. The van der Waals surface area contributed by atoms with E-state index in [1.165, 1.54) is 15.3 Å². The van der Waals surface area contributed by atoms with Crippen LogP contribution in [0.4, 0.5) is 0 Å². The second-order valence-corrected chi connectivity index (χ2v) is 9.39. The van der Waals surface area contributed by atoms with Crippen LogP contribution in [0.1, 0.15) is 40.1 Å². The highest BCUT2D eigenvalue weighted by molar-refractivity contribution is 7.10. The molecule has 1 N–H and O–H groups in total. The minimum absolute atomic E-state index is 0.0261. The van der Waals surface area contributed by atoms with Gasteiger partial charge in [-0.1, -0.05) is 24.3 Å². The minimum Gasteiger partial charge on any atom is -0.459 e. The van der Waals surface area contributed by atoms with Gasteiger partial charge in [-0.3, -0.25) is 9.69 Å². The van der Waals surface area contributed by atoms with Crippen LogP contribution in [-0.2, 0) is 11.2 Å². The van der Waals surface area contributed by atoms with Crippen LogP contribution in [0.5, 0.6) is 0 Å². The fourth-order valence-electron chi connectivity index (χ4n) is 4.08. The second-order valence-electron chi connectivity index (χ2n) is 7.41. The van der Waals surface area contributed by atoms with Crippen LogP contribution in [-0.4, -0.2) is 23.9 Å². The molecule has 4 nitrogen and oxygen atoms in total. The summed E-state index contributed by atoms with van der Waals surface area (Å²) in [6.07, 6.45) is 1.00. The summed E-state index contributed by atoms with van der Waals surface area (Å²) in [5, 5.41) is 8.45. The lowest BCUT2D eigenvalue weighted by Gasteiger charge is -2.35. The van der Waals surface area contributed by atoms with Gasteiger partial charge in [0.25, 0.3) is 0 Å². The molecule has 1 amide bonds. The van der Waals surface area contributed by atoms with Gasteiger partial charge in [-0.2, -0.15) is 0 Å². The first-order valence-electron chi connectivity index (χ1n) is 9.80. The predicted octanol–water partition coefficient (Wildman–Crippen LogP) is 5.38. The van der Waals surface area contributed by atoms with Crippen molar-refractivity contribution in [2.45, 2.75) is 25.4 Å². The third-order valence-electron chi connectivity index (χ3n) is 5.47. The summed E-state index contributed by atoms with van der Waals surface area (Å²) in [6, 6.07) is 16.4. The minimum atomic E-state index is -0.170. The first kappa shape index (κ1) is 18.6. The van der Waals surface area contributed by atoms with Crippen LogP contribution in [0.15, 0.2) is 63.7 Å². The van der Waals surface area contributed by atoms with Gasteiger partial charge in [-0.05, 0) is 53.9 Å². The average molecular weight is 423 g/mol. The summed E-state index contributed by atoms with van der Waals surface area (Å²) in [4.78, 5) is 17.9. The zero-order chi connectivity index (χ0) is 19.8. The molecule has 6 heteroatoms. The molecule has 3 aromatic heterocycles. The smallest absolute Gasteiger partial charge is 0.234 e. The second kappa shape index (κ2) is 7.78. The van der Waals surface area contributed by atoms with Crippen molar-refractivity contribution in [1.82, 2.24) is 10.2 Å². The number of nitrogens with zero attached hydrogens (tertiary/aromatic N) is 1. The molecule has 4 aromatic rings. The summed E-state index contributed by atoms with van der Waals surface area (Å²) in [5.41, 5.74) is 2.20. The number of amides is 1. The van der Waals surface area contributed by atoms with Crippen molar-refractivity contribution in [3.05, 3.63) is 80.4 Å². The molecule has 0 fully saturated rings. The van der Waals surface area contributed by atoms with Gasteiger partial charge in [0.2, 0.25) is 5.91 Å². The summed E-state index contributed by atoms with van der Waals surface area (Å²) < 4.78 is 5.91. The van der Waals surface area contributed by atoms with Gasteiger partial charge in [0, 0.05) is 21.7 Å². The van der Waals surface area contributed by atoms with Gasteiger partial charge in [0.1, 0.15) is 11.3 Å². The van der Waals surface area contributed by atoms with Crippen molar-refractivity contribution in [1.29, 1.82) is 0 Å². The van der Waals surface area contributed by atoms with E-state index < -0.39 is 0 Å². The van der Waals surface area contributed by atoms with Crippen molar-refractivity contribution in [3.8, 4) is 0 Å². The third kappa shape index (κ3) is 3.64. The molecule has 0 saturated heterocycles. The van der Waals surface area contributed by atoms with E-state index in [4.69, 9.17) is 4.42 Å². The van der Waals surface area contributed by atoms with Gasteiger partial charge in [-0.25, -0.2) is 0 Å². The van der Waals surface area contributed by atoms with Crippen LogP contribution in [0.3, 0.4) is 0 Å². The Morgan fingerprint density at radius 1 is 1.21 bits per heavy atom. The molecule has 1 aliphatic rings. The maximum Gasteiger partial charge on any atom is 0.234 e. The molecule has 0 aliphatic carbocycles. The number of furan rings is 1. The number of carbonyl (C=O) groups is 1. The lowest BCUT2D eigenvalue weighted by molar-refractivity contribution is -0.123. The fraction of sp³-hybridized carbons (Fsp3) is 0.261. The summed E-state index contributed by atoms with van der Waals surface area (Å²) >= 11 is 3.58. The molecule has 0 radical (unpaired) electrons. The molecule has 0 saturated carbocycles. The first-order valence-corrected chi connectivity index (χ1v) is 11.6. The number of rotatable bonds is 5. The van der Waals surface area contributed by atoms with Gasteiger partial charge in [0.05, 0.1) is 18.6 Å². The Balaban J connectivity index is 1.32. The Kier molecular flexibility index (Phi) is 4.99. The van der Waals surface area contributed by atoms with E-state index in [-0.39, 0.29) is 18.0 Å². The van der Waals surface area contributed by atoms with E-state index in [1.807, 2.05) is 48.6 Å². The molecule has 1 aliphatic heterocycles. The van der Waals surface area contributed by atoms with E-state index in [0.29, 0.717) is 6.54 Å². The molecule has 0 unspecified atom stereocenters. The van der Waals surface area contributed by atoms with E-state index in [1.54, 1.807) is 11.3 Å².